The fourth-order valence-electron chi connectivity index (χ4n) is 4.09. The van der Waals surface area contributed by atoms with Gasteiger partial charge in [-0.3, -0.25) is 9.52 Å². The van der Waals surface area contributed by atoms with Crippen LogP contribution in [0.3, 0.4) is 0 Å². The predicted octanol–water partition coefficient (Wildman–Crippen LogP) is 0.610. The van der Waals surface area contributed by atoms with Gasteiger partial charge in [-0.2, -0.15) is 0 Å². The largest absolute Gasteiger partial charge is 0.367 e. The Morgan fingerprint density at radius 1 is 1.00 bits per heavy atom. The summed E-state index contributed by atoms with van der Waals surface area (Å²) < 4.78 is 26.6. The average Bonchev–Trinajstić information content (AvgIpc) is 3.05. The molecular formula is C21H29N7O3S. The van der Waals surface area contributed by atoms with Crippen molar-refractivity contribution in [3.8, 4) is 0 Å². The highest BCUT2D eigenvalue weighted by Crippen LogP contribution is 2.29. The molecule has 2 N–H and O–H groups in total. The molecule has 0 atom stereocenters. The van der Waals surface area contributed by atoms with Gasteiger partial charge in [0.05, 0.1) is 17.6 Å². The number of benzene rings is 1. The van der Waals surface area contributed by atoms with Crippen molar-refractivity contribution in [3.63, 3.8) is 0 Å². The Hall–Kier alpha value is -2.92. The number of carbonyl (C=O) groups is 1. The molecule has 1 amide bonds. The minimum absolute atomic E-state index is 0.107. The Kier molecular flexibility index (Phi) is 6.75. The van der Waals surface area contributed by atoms with E-state index in [2.05, 4.69) is 29.8 Å². The van der Waals surface area contributed by atoms with Crippen molar-refractivity contribution < 1.29 is 13.2 Å². The summed E-state index contributed by atoms with van der Waals surface area (Å²) in [6, 6.07) is 7.07. The molecule has 0 spiro atoms. The molecule has 32 heavy (non-hydrogen) atoms. The fourth-order valence-corrected chi connectivity index (χ4v) is 4.65. The molecule has 3 heterocycles. The van der Waals surface area contributed by atoms with Crippen LogP contribution in [0.25, 0.3) is 0 Å². The van der Waals surface area contributed by atoms with Crippen LogP contribution >= 0.6 is 0 Å². The third-order valence-electron chi connectivity index (χ3n) is 5.61. The third kappa shape index (κ3) is 5.46. The first-order chi connectivity index (χ1) is 15.4. The monoisotopic (exact) mass is 459 g/mol. The average molecular weight is 460 g/mol. The minimum Gasteiger partial charge on any atom is -0.367 e. The highest BCUT2D eigenvalue weighted by atomic mass is 32.2. The fraction of sp³-hybridized carbons (Fsp3) is 0.476. The summed E-state index contributed by atoms with van der Waals surface area (Å²) in [6.45, 7) is 5.79. The van der Waals surface area contributed by atoms with E-state index in [9.17, 15) is 13.2 Å². The SMILES string of the molecule is CS(=O)(=O)Nc1cc(C(=O)N2CCCN(c3ncccn3)CC2)ccc1N1CCNCC1. The zero-order chi connectivity index (χ0) is 22.6. The van der Waals surface area contributed by atoms with Gasteiger partial charge >= 0.3 is 0 Å². The summed E-state index contributed by atoms with van der Waals surface area (Å²) in [5, 5.41) is 3.29. The molecule has 0 unspecified atom stereocenters. The lowest BCUT2D eigenvalue weighted by molar-refractivity contribution is 0.0767. The lowest BCUT2D eigenvalue weighted by Gasteiger charge is -2.31. The number of carbonyl (C=O) groups excluding carboxylic acids is 1. The maximum absolute atomic E-state index is 13.3. The molecule has 0 radical (unpaired) electrons. The van der Waals surface area contributed by atoms with Crippen LogP contribution in [0.5, 0.6) is 0 Å². The zero-order valence-corrected chi connectivity index (χ0v) is 19.0. The van der Waals surface area contributed by atoms with Crippen molar-refractivity contribution in [2.45, 2.75) is 6.42 Å². The summed E-state index contributed by atoms with van der Waals surface area (Å²) in [6.07, 6.45) is 5.36. The van der Waals surface area contributed by atoms with Crippen molar-refractivity contribution in [1.82, 2.24) is 20.2 Å². The molecule has 11 heteroatoms. The van der Waals surface area contributed by atoms with E-state index in [4.69, 9.17) is 0 Å². The van der Waals surface area contributed by atoms with E-state index in [1.54, 1.807) is 30.6 Å². The van der Waals surface area contributed by atoms with E-state index >= 15 is 0 Å². The summed E-state index contributed by atoms with van der Waals surface area (Å²) in [4.78, 5) is 27.9. The van der Waals surface area contributed by atoms with Crippen LogP contribution in [0.4, 0.5) is 17.3 Å². The molecule has 2 saturated heterocycles. The van der Waals surface area contributed by atoms with Gasteiger partial charge in [-0.15, -0.1) is 0 Å². The zero-order valence-electron chi connectivity index (χ0n) is 18.2. The Bertz CT molecular complexity index is 1040. The summed E-state index contributed by atoms with van der Waals surface area (Å²) in [7, 11) is -3.49. The Morgan fingerprint density at radius 3 is 2.47 bits per heavy atom. The molecular weight excluding hydrogens is 430 g/mol. The highest BCUT2D eigenvalue weighted by Gasteiger charge is 2.24. The molecule has 2 aliphatic rings. The van der Waals surface area contributed by atoms with Gasteiger partial charge < -0.3 is 20.0 Å². The molecule has 1 aromatic heterocycles. The van der Waals surface area contributed by atoms with E-state index in [1.807, 2.05) is 11.0 Å². The lowest BCUT2D eigenvalue weighted by Crippen LogP contribution is -2.43. The molecule has 4 rings (SSSR count). The van der Waals surface area contributed by atoms with E-state index in [0.29, 0.717) is 36.8 Å². The summed E-state index contributed by atoms with van der Waals surface area (Å²) >= 11 is 0. The number of hydrogen-bond acceptors (Lipinski definition) is 8. The van der Waals surface area contributed by atoms with Crippen LogP contribution < -0.4 is 19.8 Å². The number of piperazine rings is 1. The van der Waals surface area contributed by atoms with Crippen LogP contribution in [-0.4, -0.2) is 87.8 Å². The molecule has 2 aromatic rings. The minimum atomic E-state index is -3.49. The van der Waals surface area contributed by atoms with Gasteiger partial charge in [0, 0.05) is 70.3 Å². The van der Waals surface area contributed by atoms with Gasteiger partial charge in [0.1, 0.15) is 0 Å². The van der Waals surface area contributed by atoms with Crippen LogP contribution in [0, 0.1) is 0 Å². The molecule has 2 aliphatic heterocycles. The number of anilines is 3. The maximum Gasteiger partial charge on any atom is 0.253 e. The van der Waals surface area contributed by atoms with Crippen molar-refractivity contribution in [3.05, 3.63) is 42.2 Å². The second kappa shape index (κ2) is 9.70. The normalized spacial score (nSPS) is 17.7. The first-order valence-electron chi connectivity index (χ1n) is 10.8. The number of hydrogen-bond donors (Lipinski definition) is 2. The number of rotatable bonds is 5. The van der Waals surface area contributed by atoms with Crippen molar-refractivity contribution >= 4 is 33.3 Å². The topological polar surface area (TPSA) is 111 Å². The standard InChI is InChI=1S/C21H29N7O3S/c1-32(30,31)25-18-16-17(4-5-19(18)26-12-8-22-9-13-26)20(29)27-10-3-11-28(15-14-27)21-23-6-2-7-24-21/h2,4-7,16,22,25H,3,8-15H2,1H3. The van der Waals surface area contributed by atoms with Crippen molar-refractivity contribution in [2.24, 2.45) is 0 Å². The quantitative estimate of drug-likeness (QED) is 0.669. The van der Waals surface area contributed by atoms with Crippen molar-refractivity contribution in [2.75, 3.05) is 73.1 Å². The van der Waals surface area contributed by atoms with Crippen LogP contribution in [0.15, 0.2) is 36.7 Å². The molecule has 0 saturated carbocycles. The maximum atomic E-state index is 13.3. The Morgan fingerprint density at radius 2 is 1.75 bits per heavy atom. The third-order valence-corrected chi connectivity index (χ3v) is 6.21. The molecule has 172 valence electrons. The first kappa shape index (κ1) is 22.3. The molecule has 0 aliphatic carbocycles. The smallest absolute Gasteiger partial charge is 0.253 e. The van der Waals surface area contributed by atoms with E-state index in [1.165, 1.54) is 0 Å². The van der Waals surface area contributed by atoms with Gasteiger partial charge in [-0.1, -0.05) is 0 Å². The number of aromatic nitrogens is 2. The lowest BCUT2D eigenvalue weighted by atomic mass is 10.1. The van der Waals surface area contributed by atoms with E-state index in [0.717, 1.165) is 51.1 Å². The van der Waals surface area contributed by atoms with Gasteiger partial charge in [0.2, 0.25) is 16.0 Å². The molecule has 2 fully saturated rings. The first-order valence-corrected chi connectivity index (χ1v) is 12.7. The molecule has 10 nitrogen and oxygen atoms in total. The van der Waals surface area contributed by atoms with Crippen molar-refractivity contribution in [1.29, 1.82) is 0 Å². The van der Waals surface area contributed by atoms with Crippen LogP contribution in [0.2, 0.25) is 0 Å². The van der Waals surface area contributed by atoms with Crippen LogP contribution in [-0.2, 0) is 10.0 Å². The second-order valence-corrected chi connectivity index (χ2v) is 9.77. The van der Waals surface area contributed by atoms with Crippen LogP contribution in [0.1, 0.15) is 16.8 Å². The van der Waals surface area contributed by atoms with Gasteiger partial charge in [-0.25, -0.2) is 18.4 Å². The number of nitrogens with one attached hydrogen (secondary N) is 2. The van der Waals surface area contributed by atoms with Gasteiger partial charge in [0.25, 0.3) is 5.91 Å². The summed E-state index contributed by atoms with van der Waals surface area (Å²) in [5.41, 5.74) is 1.70. The number of sulfonamides is 1. The molecule has 1 aromatic carbocycles. The van der Waals surface area contributed by atoms with E-state index < -0.39 is 10.0 Å². The Balaban J connectivity index is 1.53. The number of nitrogens with zero attached hydrogens (tertiary/aromatic N) is 5. The number of amides is 1. The summed E-state index contributed by atoms with van der Waals surface area (Å²) in [5.74, 6) is 0.561. The molecule has 0 bridgehead atoms. The Labute approximate surface area is 188 Å². The highest BCUT2D eigenvalue weighted by molar-refractivity contribution is 7.92. The predicted molar refractivity (Wildman–Crippen MR) is 125 cm³/mol. The van der Waals surface area contributed by atoms with Gasteiger partial charge in [0.15, 0.2) is 0 Å². The second-order valence-electron chi connectivity index (χ2n) is 8.02. The van der Waals surface area contributed by atoms with Gasteiger partial charge in [-0.05, 0) is 30.7 Å². The van der Waals surface area contributed by atoms with E-state index in [-0.39, 0.29) is 5.91 Å².